The molecule has 1 heterocycles. The van der Waals surface area contributed by atoms with Gasteiger partial charge in [-0.3, -0.25) is 4.90 Å². The van der Waals surface area contributed by atoms with Crippen molar-refractivity contribution in [3.8, 4) is 12.3 Å². The second kappa shape index (κ2) is 4.90. The minimum Gasteiger partial charge on any atom is -0.385 e. The van der Waals surface area contributed by atoms with Crippen LogP contribution in [0.2, 0.25) is 5.02 Å². The molecule has 1 aromatic carbocycles. The molecule has 2 unspecified atom stereocenters. The third-order valence-electron chi connectivity index (χ3n) is 2.94. The number of halogens is 2. The lowest BCUT2D eigenvalue weighted by molar-refractivity contribution is 0.198. The lowest BCUT2D eigenvalue weighted by Gasteiger charge is -2.28. The van der Waals surface area contributed by atoms with E-state index in [2.05, 4.69) is 10.9 Å². The molecule has 0 aromatic heterocycles. The number of rotatable bonds is 2. The van der Waals surface area contributed by atoms with Gasteiger partial charge in [-0.05, 0) is 19.1 Å². The Morgan fingerprint density at radius 2 is 2.32 bits per heavy atom. The number of urea groups is 1. The Bertz CT molecular complexity index is 588. The van der Waals surface area contributed by atoms with Gasteiger partial charge in [-0.2, -0.15) is 4.99 Å². The smallest absolute Gasteiger partial charge is 0.347 e. The number of aliphatic imine (C=N–C) groups is 1. The van der Waals surface area contributed by atoms with Crippen LogP contribution in [0.25, 0.3) is 0 Å². The number of carbonyl (C=O) groups is 1. The Morgan fingerprint density at radius 1 is 1.63 bits per heavy atom. The standard InChI is InChI=1S/C13H11ClFN3O/c1-3-7(2)18-11(12(16)17-13(18)19)10-8(14)5-4-6-9(10)15/h1,4-7,11H,2H3,(H2,16,17,19). The highest BCUT2D eigenvalue weighted by Crippen LogP contribution is 2.34. The van der Waals surface area contributed by atoms with Gasteiger partial charge in [0.25, 0.3) is 0 Å². The fourth-order valence-electron chi connectivity index (χ4n) is 2.01. The van der Waals surface area contributed by atoms with Gasteiger partial charge in [0.1, 0.15) is 17.7 Å². The van der Waals surface area contributed by atoms with E-state index in [1.807, 2.05) is 0 Å². The predicted molar refractivity (Wildman–Crippen MR) is 71.3 cm³/mol. The van der Waals surface area contributed by atoms with Crippen LogP contribution >= 0.6 is 11.6 Å². The average Bonchev–Trinajstić information content (AvgIpc) is 2.64. The summed E-state index contributed by atoms with van der Waals surface area (Å²) in [4.78, 5) is 16.7. The Balaban J connectivity index is 2.56. The molecular formula is C13H11ClFN3O. The second-order valence-corrected chi connectivity index (χ2v) is 4.51. The summed E-state index contributed by atoms with van der Waals surface area (Å²) in [5.74, 6) is 1.84. The van der Waals surface area contributed by atoms with Crippen LogP contribution in [0.5, 0.6) is 0 Å². The van der Waals surface area contributed by atoms with Crippen molar-refractivity contribution in [3.63, 3.8) is 0 Å². The summed E-state index contributed by atoms with van der Waals surface area (Å²) in [7, 11) is 0. The van der Waals surface area contributed by atoms with Crippen LogP contribution in [0.4, 0.5) is 9.18 Å². The molecule has 2 N–H and O–H groups in total. The number of nitrogens with two attached hydrogens (primary N) is 1. The fourth-order valence-corrected chi connectivity index (χ4v) is 2.28. The Hall–Kier alpha value is -2.06. The number of hydrogen-bond donors (Lipinski definition) is 1. The molecule has 2 amide bonds. The lowest BCUT2D eigenvalue weighted by atomic mass is 10.0. The van der Waals surface area contributed by atoms with Crippen molar-refractivity contribution in [1.29, 1.82) is 0 Å². The zero-order valence-corrected chi connectivity index (χ0v) is 10.9. The van der Waals surface area contributed by atoms with Crippen LogP contribution in [-0.2, 0) is 0 Å². The van der Waals surface area contributed by atoms with Gasteiger partial charge in [0.2, 0.25) is 0 Å². The lowest BCUT2D eigenvalue weighted by Crippen LogP contribution is -2.39. The molecule has 19 heavy (non-hydrogen) atoms. The van der Waals surface area contributed by atoms with E-state index in [-0.39, 0.29) is 16.4 Å². The van der Waals surface area contributed by atoms with Gasteiger partial charge < -0.3 is 5.73 Å². The number of nitrogens with zero attached hydrogens (tertiary/aromatic N) is 2. The number of carbonyl (C=O) groups excluding carboxylic acids is 1. The van der Waals surface area contributed by atoms with E-state index in [4.69, 9.17) is 23.8 Å². The van der Waals surface area contributed by atoms with Crippen molar-refractivity contribution in [2.45, 2.75) is 19.0 Å². The molecule has 0 spiro atoms. The molecule has 0 aliphatic carbocycles. The van der Waals surface area contributed by atoms with E-state index in [1.54, 1.807) is 6.92 Å². The number of amidine groups is 1. The summed E-state index contributed by atoms with van der Waals surface area (Å²) in [6.07, 6.45) is 5.31. The van der Waals surface area contributed by atoms with Crippen molar-refractivity contribution >= 4 is 23.5 Å². The molecule has 1 aliphatic rings. The Kier molecular flexibility index (Phi) is 3.45. The molecule has 0 saturated heterocycles. The van der Waals surface area contributed by atoms with Crippen molar-refractivity contribution in [2.75, 3.05) is 0 Å². The summed E-state index contributed by atoms with van der Waals surface area (Å²) in [5.41, 5.74) is 5.83. The van der Waals surface area contributed by atoms with Crippen LogP contribution in [0.1, 0.15) is 18.5 Å². The zero-order valence-electron chi connectivity index (χ0n) is 10.1. The SMILES string of the molecule is C#CC(C)N1C(=O)N=C(N)C1c1c(F)cccc1Cl. The summed E-state index contributed by atoms with van der Waals surface area (Å²) in [6, 6.07) is 2.21. The minimum atomic E-state index is -0.868. The first kappa shape index (κ1) is 13.4. The highest BCUT2D eigenvalue weighted by atomic mass is 35.5. The second-order valence-electron chi connectivity index (χ2n) is 4.11. The Morgan fingerprint density at radius 3 is 2.89 bits per heavy atom. The summed E-state index contributed by atoms with van der Waals surface area (Å²) >= 11 is 6.00. The van der Waals surface area contributed by atoms with E-state index in [0.717, 1.165) is 0 Å². The monoisotopic (exact) mass is 279 g/mol. The molecule has 0 saturated carbocycles. The van der Waals surface area contributed by atoms with E-state index in [1.165, 1.54) is 23.1 Å². The fraction of sp³-hybridized carbons (Fsp3) is 0.231. The first-order valence-corrected chi connectivity index (χ1v) is 5.91. The van der Waals surface area contributed by atoms with Gasteiger partial charge in [-0.25, -0.2) is 9.18 Å². The van der Waals surface area contributed by atoms with Crippen LogP contribution in [0.15, 0.2) is 23.2 Å². The zero-order chi connectivity index (χ0) is 14.2. The van der Waals surface area contributed by atoms with Gasteiger partial charge in [-0.15, -0.1) is 6.42 Å². The van der Waals surface area contributed by atoms with Crippen LogP contribution in [0, 0.1) is 18.2 Å². The molecule has 1 aromatic rings. The van der Waals surface area contributed by atoms with Gasteiger partial charge in [0.15, 0.2) is 0 Å². The predicted octanol–water partition coefficient (Wildman–Crippen LogP) is 2.33. The largest absolute Gasteiger partial charge is 0.385 e. The summed E-state index contributed by atoms with van der Waals surface area (Å²) < 4.78 is 14.0. The first-order chi connectivity index (χ1) is 8.97. The van der Waals surface area contributed by atoms with E-state index in [9.17, 15) is 9.18 Å². The third-order valence-corrected chi connectivity index (χ3v) is 3.27. The van der Waals surface area contributed by atoms with Crippen LogP contribution in [-0.4, -0.2) is 22.8 Å². The highest BCUT2D eigenvalue weighted by molar-refractivity contribution is 6.31. The average molecular weight is 280 g/mol. The summed E-state index contributed by atoms with van der Waals surface area (Å²) in [6.45, 7) is 1.63. The number of benzene rings is 1. The molecule has 0 fully saturated rings. The van der Waals surface area contributed by atoms with E-state index >= 15 is 0 Å². The van der Waals surface area contributed by atoms with Crippen LogP contribution < -0.4 is 5.73 Å². The van der Waals surface area contributed by atoms with Gasteiger partial charge in [-0.1, -0.05) is 23.6 Å². The number of amides is 2. The Labute approximate surface area is 115 Å². The molecule has 2 rings (SSSR count). The molecule has 6 heteroatoms. The van der Waals surface area contributed by atoms with Gasteiger partial charge >= 0.3 is 6.03 Å². The van der Waals surface area contributed by atoms with E-state index < -0.39 is 23.9 Å². The van der Waals surface area contributed by atoms with E-state index in [0.29, 0.717) is 0 Å². The summed E-state index contributed by atoms with van der Waals surface area (Å²) in [5, 5.41) is 0.173. The maximum absolute atomic E-state index is 14.0. The van der Waals surface area contributed by atoms with Gasteiger partial charge in [0.05, 0.1) is 6.04 Å². The van der Waals surface area contributed by atoms with Crippen molar-refractivity contribution in [2.24, 2.45) is 10.7 Å². The molecule has 0 bridgehead atoms. The van der Waals surface area contributed by atoms with Crippen molar-refractivity contribution in [3.05, 3.63) is 34.6 Å². The molecular weight excluding hydrogens is 269 g/mol. The first-order valence-electron chi connectivity index (χ1n) is 5.53. The molecule has 98 valence electrons. The maximum atomic E-state index is 14.0. The normalized spacial score (nSPS) is 20.1. The number of hydrogen-bond acceptors (Lipinski definition) is 2. The molecule has 0 radical (unpaired) electrons. The van der Waals surface area contributed by atoms with Crippen molar-refractivity contribution in [1.82, 2.24) is 4.90 Å². The van der Waals surface area contributed by atoms with Gasteiger partial charge in [0, 0.05) is 10.6 Å². The minimum absolute atomic E-state index is 0.0147. The molecule has 1 aliphatic heterocycles. The topological polar surface area (TPSA) is 58.7 Å². The van der Waals surface area contributed by atoms with Crippen molar-refractivity contribution < 1.29 is 9.18 Å². The van der Waals surface area contributed by atoms with Crippen LogP contribution in [0.3, 0.4) is 0 Å². The quantitative estimate of drug-likeness (QED) is 0.845. The maximum Gasteiger partial charge on any atom is 0.347 e. The number of terminal acetylenes is 1. The molecule has 2 atom stereocenters. The third kappa shape index (κ3) is 2.15. The molecule has 4 nitrogen and oxygen atoms in total. The highest BCUT2D eigenvalue weighted by Gasteiger charge is 2.39.